The Morgan fingerprint density at radius 2 is 2.00 bits per heavy atom. The average molecular weight is 205 g/mol. The van der Waals surface area contributed by atoms with E-state index in [1.807, 2.05) is 13.8 Å². The predicted octanol–water partition coefficient (Wildman–Crippen LogP) is 2.94. The van der Waals surface area contributed by atoms with Crippen LogP contribution in [0, 0.1) is 5.82 Å². The van der Waals surface area contributed by atoms with Gasteiger partial charge in [0.05, 0.1) is 5.56 Å². The van der Waals surface area contributed by atoms with Crippen molar-refractivity contribution in [1.82, 2.24) is 0 Å². The van der Waals surface area contributed by atoms with Gasteiger partial charge in [0.25, 0.3) is 5.24 Å². The maximum Gasteiger partial charge on any atom is 0.255 e. The van der Waals surface area contributed by atoms with Crippen molar-refractivity contribution in [2.75, 3.05) is 0 Å². The summed E-state index contributed by atoms with van der Waals surface area (Å²) in [6.45, 7) is 4.00. The largest absolute Gasteiger partial charge is 0.508 e. The molecule has 0 aromatic heterocycles. The Hall–Kier alpha value is -1.09. The third-order valence-corrected chi connectivity index (χ3v) is 1.37. The Balaban J connectivity index is 0.000000671. The molecule has 0 aliphatic heterocycles. The number of rotatable bonds is 1. The Labute approximate surface area is 81.0 Å². The number of aromatic hydroxyl groups is 1. The van der Waals surface area contributed by atoms with Crippen molar-refractivity contribution < 1.29 is 14.3 Å². The van der Waals surface area contributed by atoms with Gasteiger partial charge in [-0.05, 0) is 23.7 Å². The molecule has 0 atom stereocenters. The zero-order valence-electron chi connectivity index (χ0n) is 7.34. The van der Waals surface area contributed by atoms with Crippen LogP contribution >= 0.6 is 11.6 Å². The molecule has 4 heteroatoms. The number of halogens is 2. The van der Waals surface area contributed by atoms with Gasteiger partial charge in [0.15, 0.2) is 0 Å². The number of carbonyl (C=O) groups excluding carboxylic acids is 1. The highest BCUT2D eigenvalue weighted by atomic mass is 35.5. The van der Waals surface area contributed by atoms with Gasteiger partial charge < -0.3 is 5.11 Å². The second kappa shape index (κ2) is 5.54. The molecule has 0 spiro atoms. The van der Waals surface area contributed by atoms with E-state index in [-0.39, 0.29) is 11.3 Å². The summed E-state index contributed by atoms with van der Waals surface area (Å²) in [5, 5.41) is 7.85. The highest BCUT2D eigenvalue weighted by Crippen LogP contribution is 2.16. The Morgan fingerprint density at radius 1 is 1.46 bits per heavy atom. The lowest BCUT2D eigenvalue weighted by Gasteiger charge is -1.95. The van der Waals surface area contributed by atoms with Crippen molar-refractivity contribution in [2.24, 2.45) is 0 Å². The van der Waals surface area contributed by atoms with Crippen molar-refractivity contribution in [3.8, 4) is 5.75 Å². The molecular formula is C9H10ClFO2. The number of phenols is 1. The molecule has 0 radical (unpaired) electrons. The summed E-state index contributed by atoms with van der Waals surface area (Å²) >= 11 is 5.00. The molecule has 0 aliphatic rings. The van der Waals surface area contributed by atoms with E-state index in [1.54, 1.807) is 0 Å². The minimum atomic E-state index is -0.873. The minimum absolute atomic E-state index is 0.232. The average Bonchev–Trinajstić information content (AvgIpc) is 2.07. The summed E-state index contributed by atoms with van der Waals surface area (Å²) < 4.78 is 12.6. The Bertz CT molecular complexity index is 300. The molecule has 2 nitrogen and oxygen atoms in total. The van der Waals surface area contributed by atoms with Crippen LogP contribution in [0.2, 0.25) is 0 Å². The quantitative estimate of drug-likeness (QED) is 0.715. The molecular weight excluding hydrogens is 195 g/mol. The molecule has 0 unspecified atom stereocenters. The highest BCUT2D eigenvalue weighted by Gasteiger charge is 2.08. The number of hydrogen-bond acceptors (Lipinski definition) is 2. The summed E-state index contributed by atoms with van der Waals surface area (Å²) in [5.74, 6) is -1.05. The maximum absolute atomic E-state index is 12.6. The molecule has 0 aliphatic carbocycles. The standard InChI is InChI=1S/C7H4ClFO2.C2H6/c8-7(11)5-2-1-4(10)3-6(5)9;1-2/h1-3,10H;1-2H3. The number of phenolic OH excluding ortho intramolecular Hbond substituents is 1. The zero-order valence-corrected chi connectivity index (χ0v) is 8.10. The third kappa shape index (κ3) is 3.42. The monoisotopic (exact) mass is 204 g/mol. The predicted molar refractivity (Wildman–Crippen MR) is 49.6 cm³/mol. The van der Waals surface area contributed by atoms with Crippen molar-refractivity contribution in [1.29, 1.82) is 0 Å². The lowest BCUT2D eigenvalue weighted by atomic mass is 10.2. The molecule has 0 saturated heterocycles. The van der Waals surface area contributed by atoms with Crippen LogP contribution in [0.25, 0.3) is 0 Å². The van der Waals surface area contributed by atoms with Gasteiger partial charge in [0.1, 0.15) is 11.6 Å². The summed E-state index contributed by atoms with van der Waals surface area (Å²) in [7, 11) is 0. The molecule has 0 bridgehead atoms. The van der Waals surface area contributed by atoms with Crippen LogP contribution in [0.3, 0.4) is 0 Å². The summed E-state index contributed by atoms with van der Waals surface area (Å²) in [5.41, 5.74) is -0.232. The summed E-state index contributed by atoms with van der Waals surface area (Å²) in [4.78, 5) is 10.4. The molecule has 1 aromatic rings. The van der Waals surface area contributed by atoms with Crippen LogP contribution in [0.5, 0.6) is 5.75 Å². The fourth-order valence-corrected chi connectivity index (χ4v) is 0.817. The fraction of sp³-hybridized carbons (Fsp3) is 0.222. The summed E-state index contributed by atoms with van der Waals surface area (Å²) in [6, 6.07) is 3.15. The van der Waals surface area contributed by atoms with Gasteiger partial charge in [-0.2, -0.15) is 0 Å². The molecule has 1 N–H and O–H groups in total. The van der Waals surface area contributed by atoms with E-state index >= 15 is 0 Å². The highest BCUT2D eigenvalue weighted by molar-refractivity contribution is 6.67. The molecule has 72 valence electrons. The van der Waals surface area contributed by atoms with Crippen molar-refractivity contribution in [3.05, 3.63) is 29.6 Å². The lowest BCUT2D eigenvalue weighted by Crippen LogP contribution is -1.92. The first-order valence-corrected chi connectivity index (χ1v) is 4.17. The molecule has 0 amide bonds. The van der Waals surface area contributed by atoms with Crippen molar-refractivity contribution >= 4 is 16.8 Å². The van der Waals surface area contributed by atoms with Gasteiger partial charge in [0, 0.05) is 6.07 Å². The van der Waals surface area contributed by atoms with Crippen LogP contribution in [-0.4, -0.2) is 10.3 Å². The SMILES string of the molecule is CC.O=C(Cl)c1ccc(O)cc1F. The molecule has 1 rings (SSSR count). The van der Waals surface area contributed by atoms with E-state index in [2.05, 4.69) is 0 Å². The van der Waals surface area contributed by atoms with Crippen LogP contribution in [-0.2, 0) is 0 Å². The third-order valence-electron chi connectivity index (χ3n) is 1.16. The molecule has 0 fully saturated rings. The number of benzene rings is 1. The van der Waals surface area contributed by atoms with E-state index < -0.39 is 11.1 Å². The smallest absolute Gasteiger partial charge is 0.255 e. The van der Waals surface area contributed by atoms with E-state index in [0.29, 0.717) is 0 Å². The van der Waals surface area contributed by atoms with Crippen LogP contribution in [0.1, 0.15) is 24.2 Å². The second-order valence-electron chi connectivity index (χ2n) is 1.94. The van der Waals surface area contributed by atoms with Gasteiger partial charge in [-0.3, -0.25) is 4.79 Å². The summed E-state index contributed by atoms with van der Waals surface area (Å²) in [6.07, 6.45) is 0. The topological polar surface area (TPSA) is 37.3 Å². The normalized spacial score (nSPS) is 8.62. The van der Waals surface area contributed by atoms with Crippen LogP contribution in [0.15, 0.2) is 18.2 Å². The molecule has 13 heavy (non-hydrogen) atoms. The van der Waals surface area contributed by atoms with E-state index in [0.717, 1.165) is 12.1 Å². The van der Waals surface area contributed by atoms with Crippen LogP contribution in [0.4, 0.5) is 4.39 Å². The Kier molecular flexibility index (Phi) is 5.07. The first kappa shape index (κ1) is 11.9. The minimum Gasteiger partial charge on any atom is -0.508 e. The molecule has 1 aromatic carbocycles. The number of carbonyl (C=O) groups is 1. The van der Waals surface area contributed by atoms with E-state index in [9.17, 15) is 9.18 Å². The van der Waals surface area contributed by atoms with Crippen molar-refractivity contribution in [2.45, 2.75) is 13.8 Å². The van der Waals surface area contributed by atoms with E-state index in [4.69, 9.17) is 16.7 Å². The van der Waals surface area contributed by atoms with Gasteiger partial charge in [0.2, 0.25) is 0 Å². The number of hydrogen-bond donors (Lipinski definition) is 1. The van der Waals surface area contributed by atoms with Crippen molar-refractivity contribution in [3.63, 3.8) is 0 Å². The lowest BCUT2D eigenvalue weighted by molar-refractivity contribution is 0.107. The first-order chi connectivity index (χ1) is 6.11. The second-order valence-corrected chi connectivity index (χ2v) is 2.28. The van der Waals surface area contributed by atoms with Gasteiger partial charge in [-0.1, -0.05) is 13.8 Å². The van der Waals surface area contributed by atoms with E-state index in [1.165, 1.54) is 6.07 Å². The Morgan fingerprint density at radius 3 is 2.38 bits per heavy atom. The zero-order chi connectivity index (χ0) is 10.4. The van der Waals surface area contributed by atoms with Gasteiger partial charge in [-0.25, -0.2) is 4.39 Å². The maximum atomic E-state index is 12.6. The molecule has 0 heterocycles. The molecule has 0 saturated carbocycles. The first-order valence-electron chi connectivity index (χ1n) is 3.79. The fourth-order valence-electron chi connectivity index (χ4n) is 0.663. The van der Waals surface area contributed by atoms with Gasteiger partial charge >= 0.3 is 0 Å². The van der Waals surface area contributed by atoms with Gasteiger partial charge in [-0.15, -0.1) is 0 Å². The van der Waals surface area contributed by atoms with Crippen LogP contribution < -0.4 is 0 Å².